The van der Waals surface area contributed by atoms with E-state index < -0.39 is 0 Å². The van der Waals surface area contributed by atoms with E-state index in [9.17, 15) is 0 Å². The third-order valence-electron chi connectivity index (χ3n) is 2.25. The molecule has 0 N–H and O–H groups in total. The first kappa shape index (κ1) is 7.80. The maximum Gasteiger partial charge on any atom is 0.191 e. The molecule has 0 amide bonds. The summed E-state index contributed by atoms with van der Waals surface area (Å²) in [6, 6.07) is 0. The van der Waals surface area contributed by atoms with Crippen molar-refractivity contribution in [3.8, 4) is 0 Å². The van der Waals surface area contributed by atoms with E-state index in [1.54, 1.807) is 6.26 Å². The van der Waals surface area contributed by atoms with Gasteiger partial charge in [-0.25, -0.2) is 4.98 Å². The minimum atomic E-state index is 0.768. The summed E-state index contributed by atoms with van der Waals surface area (Å²) >= 11 is 0. The molecule has 1 aromatic heterocycles. The van der Waals surface area contributed by atoms with Crippen molar-refractivity contribution in [1.29, 1.82) is 0 Å². The zero-order valence-corrected chi connectivity index (χ0v) is 7.42. The Hall–Kier alpha value is -0.830. The average Bonchev–Trinajstić information content (AvgIpc) is 2.63. The molecule has 1 aromatic rings. The van der Waals surface area contributed by atoms with Gasteiger partial charge < -0.3 is 4.42 Å². The Morgan fingerprint density at radius 1 is 1.50 bits per heavy atom. The van der Waals surface area contributed by atoms with Gasteiger partial charge in [0.25, 0.3) is 0 Å². The normalized spacial score (nSPS) is 18.8. The van der Waals surface area contributed by atoms with E-state index in [4.69, 9.17) is 4.42 Å². The van der Waals surface area contributed by atoms with Gasteiger partial charge in [0, 0.05) is 13.5 Å². The summed E-state index contributed by atoms with van der Waals surface area (Å²) in [6.07, 6.45) is 4.42. The van der Waals surface area contributed by atoms with E-state index in [2.05, 4.69) is 9.88 Å². The second kappa shape index (κ2) is 3.27. The number of aromatic nitrogens is 1. The first-order chi connectivity index (χ1) is 5.84. The highest BCUT2D eigenvalue weighted by molar-refractivity contribution is 4.95. The Morgan fingerprint density at radius 3 is 2.83 bits per heavy atom. The van der Waals surface area contributed by atoms with Gasteiger partial charge in [0.15, 0.2) is 5.89 Å². The van der Waals surface area contributed by atoms with E-state index in [0.717, 1.165) is 18.1 Å². The zero-order valence-electron chi connectivity index (χ0n) is 7.42. The molecule has 0 spiro atoms. The van der Waals surface area contributed by atoms with Crippen molar-refractivity contribution in [3.05, 3.63) is 17.8 Å². The standard InChI is InChI=1S/C9H14N2O/c1-8-10-9(7-12-8)6-11-4-2-3-5-11/h7H,2-6H2,1H3. The molecule has 2 rings (SSSR count). The molecule has 12 heavy (non-hydrogen) atoms. The number of oxazole rings is 1. The molecule has 1 aliphatic heterocycles. The summed E-state index contributed by atoms with van der Waals surface area (Å²) in [5.74, 6) is 0.768. The van der Waals surface area contributed by atoms with Crippen LogP contribution in [0.3, 0.4) is 0 Å². The number of likely N-dealkylation sites (tertiary alicyclic amines) is 1. The van der Waals surface area contributed by atoms with Gasteiger partial charge in [0.2, 0.25) is 0 Å². The molecular formula is C9H14N2O. The van der Waals surface area contributed by atoms with Crippen LogP contribution in [-0.4, -0.2) is 23.0 Å². The Labute approximate surface area is 72.4 Å². The molecule has 0 unspecified atom stereocenters. The predicted octanol–water partition coefficient (Wildman–Crippen LogP) is 1.58. The first-order valence-electron chi connectivity index (χ1n) is 4.48. The van der Waals surface area contributed by atoms with Gasteiger partial charge in [-0.15, -0.1) is 0 Å². The van der Waals surface area contributed by atoms with Crippen LogP contribution in [0.25, 0.3) is 0 Å². The summed E-state index contributed by atoms with van der Waals surface area (Å²) in [4.78, 5) is 6.68. The molecule has 3 nitrogen and oxygen atoms in total. The molecule has 0 atom stereocenters. The molecule has 1 saturated heterocycles. The zero-order chi connectivity index (χ0) is 8.39. The van der Waals surface area contributed by atoms with Crippen LogP contribution < -0.4 is 0 Å². The predicted molar refractivity (Wildman–Crippen MR) is 45.8 cm³/mol. The van der Waals surface area contributed by atoms with Crippen LogP contribution >= 0.6 is 0 Å². The van der Waals surface area contributed by atoms with Gasteiger partial charge in [-0.3, -0.25) is 4.90 Å². The highest BCUT2D eigenvalue weighted by Gasteiger charge is 2.12. The SMILES string of the molecule is Cc1nc(CN2CCCC2)co1. The Kier molecular flexibility index (Phi) is 2.13. The van der Waals surface area contributed by atoms with Crippen molar-refractivity contribution in [2.24, 2.45) is 0 Å². The van der Waals surface area contributed by atoms with Crippen molar-refractivity contribution >= 4 is 0 Å². The van der Waals surface area contributed by atoms with Crippen molar-refractivity contribution in [2.45, 2.75) is 26.3 Å². The fraction of sp³-hybridized carbons (Fsp3) is 0.667. The molecule has 66 valence electrons. The van der Waals surface area contributed by atoms with Gasteiger partial charge in [-0.05, 0) is 25.9 Å². The number of rotatable bonds is 2. The van der Waals surface area contributed by atoms with Gasteiger partial charge >= 0.3 is 0 Å². The maximum absolute atomic E-state index is 5.14. The molecule has 2 heterocycles. The van der Waals surface area contributed by atoms with E-state index in [1.807, 2.05) is 6.92 Å². The lowest BCUT2D eigenvalue weighted by Gasteiger charge is -2.11. The van der Waals surface area contributed by atoms with Gasteiger partial charge in [-0.1, -0.05) is 0 Å². The fourth-order valence-corrected chi connectivity index (χ4v) is 1.65. The monoisotopic (exact) mass is 166 g/mol. The highest BCUT2D eigenvalue weighted by atomic mass is 16.3. The lowest BCUT2D eigenvalue weighted by Crippen LogP contribution is -2.18. The fourth-order valence-electron chi connectivity index (χ4n) is 1.65. The molecule has 1 aliphatic rings. The van der Waals surface area contributed by atoms with Crippen molar-refractivity contribution < 1.29 is 4.42 Å². The molecule has 0 aliphatic carbocycles. The van der Waals surface area contributed by atoms with Crippen molar-refractivity contribution in [2.75, 3.05) is 13.1 Å². The highest BCUT2D eigenvalue weighted by Crippen LogP contribution is 2.11. The van der Waals surface area contributed by atoms with Crippen molar-refractivity contribution in [3.63, 3.8) is 0 Å². The third-order valence-corrected chi connectivity index (χ3v) is 2.25. The minimum Gasteiger partial charge on any atom is -0.449 e. The molecule has 1 fully saturated rings. The minimum absolute atomic E-state index is 0.768. The lowest BCUT2D eigenvalue weighted by atomic mass is 10.4. The van der Waals surface area contributed by atoms with E-state index >= 15 is 0 Å². The molecule has 0 bridgehead atoms. The van der Waals surface area contributed by atoms with Crippen LogP contribution in [0.15, 0.2) is 10.7 Å². The molecule has 3 heteroatoms. The topological polar surface area (TPSA) is 29.3 Å². The summed E-state index contributed by atoms with van der Waals surface area (Å²) < 4.78 is 5.14. The number of hydrogen-bond donors (Lipinski definition) is 0. The van der Waals surface area contributed by atoms with Crippen LogP contribution in [0.2, 0.25) is 0 Å². The third kappa shape index (κ3) is 1.67. The lowest BCUT2D eigenvalue weighted by molar-refractivity contribution is 0.327. The summed E-state index contributed by atoms with van der Waals surface area (Å²) in [5, 5.41) is 0. The van der Waals surface area contributed by atoms with Crippen LogP contribution in [0.4, 0.5) is 0 Å². The summed E-state index contributed by atoms with van der Waals surface area (Å²) in [7, 11) is 0. The number of nitrogens with zero attached hydrogens (tertiary/aromatic N) is 2. The second-order valence-electron chi connectivity index (χ2n) is 3.34. The first-order valence-corrected chi connectivity index (χ1v) is 4.48. The van der Waals surface area contributed by atoms with Crippen LogP contribution in [0, 0.1) is 6.92 Å². The second-order valence-corrected chi connectivity index (χ2v) is 3.34. The maximum atomic E-state index is 5.14. The smallest absolute Gasteiger partial charge is 0.191 e. The van der Waals surface area contributed by atoms with Crippen LogP contribution in [-0.2, 0) is 6.54 Å². The van der Waals surface area contributed by atoms with Gasteiger partial charge in [-0.2, -0.15) is 0 Å². The molecule has 0 saturated carbocycles. The van der Waals surface area contributed by atoms with E-state index in [0.29, 0.717) is 0 Å². The van der Waals surface area contributed by atoms with Gasteiger partial charge in [0.1, 0.15) is 6.26 Å². The molecule has 0 radical (unpaired) electrons. The molecular weight excluding hydrogens is 152 g/mol. The number of hydrogen-bond acceptors (Lipinski definition) is 3. The van der Waals surface area contributed by atoms with Gasteiger partial charge in [0.05, 0.1) is 5.69 Å². The molecule has 0 aromatic carbocycles. The average molecular weight is 166 g/mol. The van der Waals surface area contributed by atoms with Crippen LogP contribution in [0.1, 0.15) is 24.4 Å². The Balaban J connectivity index is 1.94. The van der Waals surface area contributed by atoms with E-state index in [1.165, 1.54) is 25.9 Å². The Morgan fingerprint density at radius 2 is 2.25 bits per heavy atom. The largest absolute Gasteiger partial charge is 0.449 e. The van der Waals surface area contributed by atoms with E-state index in [-0.39, 0.29) is 0 Å². The van der Waals surface area contributed by atoms with Crippen LogP contribution in [0.5, 0.6) is 0 Å². The summed E-state index contributed by atoms with van der Waals surface area (Å²) in [6.45, 7) is 5.27. The Bertz CT molecular complexity index is 251. The number of aryl methyl sites for hydroxylation is 1. The van der Waals surface area contributed by atoms with Crippen molar-refractivity contribution in [1.82, 2.24) is 9.88 Å². The quantitative estimate of drug-likeness (QED) is 0.668. The summed E-state index contributed by atoms with van der Waals surface area (Å²) in [5.41, 5.74) is 1.06.